The summed E-state index contributed by atoms with van der Waals surface area (Å²) in [6.07, 6.45) is 1.89. The van der Waals surface area contributed by atoms with E-state index in [2.05, 4.69) is 14.9 Å². The highest BCUT2D eigenvalue weighted by atomic mass is 35.5. The molecule has 3 rings (SSSR count). The molecule has 20 heavy (non-hydrogen) atoms. The van der Waals surface area contributed by atoms with E-state index in [1.165, 1.54) is 0 Å². The van der Waals surface area contributed by atoms with E-state index in [1.54, 1.807) is 6.07 Å². The second kappa shape index (κ2) is 6.76. The van der Waals surface area contributed by atoms with Crippen molar-refractivity contribution in [3.05, 3.63) is 11.2 Å². The van der Waals surface area contributed by atoms with Crippen molar-refractivity contribution >= 4 is 30.0 Å². The lowest BCUT2D eigenvalue weighted by molar-refractivity contribution is 0.0953. The minimum atomic E-state index is 0. The molecule has 1 aromatic heterocycles. The second-order valence-corrected chi connectivity index (χ2v) is 5.29. The van der Waals surface area contributed by atoms with Crippen molar-refractivity contribution in [2.75, 3.05) is 31.2 Å². The van der Waals surface area contributed by atoms with Crippen molar-refractivity contribution in [1.29, 1.82) is 0 Å². The molecular formula is C12H18Cl2N4O2. The molecule has 1 aromatic rings. The predicted molar refractivity (Wildman–Crippen MR) is 78.9 cm³/mol. The summed E-state index contributed by atoms with van der Waals surface area (Å²) in [5.41, 5.74) is 5.74. The van der Waals surface area contributed by atoms with Crippen molar-refractivity contribution in [3.63, 3.8) is 0 Å². The number of nitrogens with two attached hydrogens (primary N) is 1. The Bertz CT molecular complexity index is 451. The Balaban J connectivity index is 0.00000147. The molecule has 1 saturated heterocycles. The van der Waals surface area contributed by atoms with Crippen molar-refractivity contribution < 1.29 is 9.47 Å². The largest absolute Gasteiger partial charge is 0.474 e. The fourth-order valence-electron chi connectivity index (χ4n) is 2.22. The van der Waals surface area contributed by atoms with Gasteiger partial charge in [0, 0.05) is 25.2 Å². The van der Waals surface area contributed by atoms with Gasteiger partial charge in [-0.15, -0.1) is 12.4 Å². The van der Waals surface area contributed by atoms with Gasteiger partial charge < -0.3 is 20.1 Å². The van der Waals surface area contributed by atoms with Gasteiger partial charge in [0.15, 0.2) is 0 Å². The summed E-state index contributed by atoms with van der Waals surface area (Å²) in [4.78, 5) is 10.7. The van der Waals surface area contributed by atoms with Gasteiger partial charge in [0.25, 0.3) is 0 Å². The first kappa shape index (κ1) is 15.6. The van der Waals surface area contributed by atoms with Crippen LogP contribution in [0.15, 0.2) is 6.07 Å². The number of anilines is 1. The maximum atomic E-state index is 6.03. The number of hydrogen-bond donors (Lipinski definition) is 1. The van der Waals surface area contributed by atoms with Crippen molar-refractivity contribution in [3.8, 4) is 5.88 Å². The summed E-state index contributed by atoms with van der Waals surface area (Å²) in [6, 6.07) is 1.90. The third-order valence-electron chi connectivity index (χ3n) is 3.37. The maximum Gasteiger partial charge on any atom is 0.230 e. The number of hydrogen-bond acceptors (Lipinski definition) is 6. The fourth-order valence-corrected chi connectivity index (χ4v) is 2.39. The van der Waals surface area contributed by atoms with Gasteiger partial charge in [0.1, 0.15) is 11.3 Å². The topological polar surface area (TPSA) is 73.5 Å². The Morgan fingerprint density at radius 2 is 2.00 bits per heavy atom. The molecule has 2 aliphatic rings. The van der Waals surface area contributed by atoms with Crippen LogP contribution in [0.1, 0.15) is 12.8 Å². The van der Waals surface area contributed by atoms with Crippen molar-refractivity contribution in [1.82, 2.24) is 9.97 Å². The van der Waals surface area contributed by atoms with Crippen LogP contribution in [0.25, 0.3) is 0 Å². The average Bonchev–Trinajstić information content (AvgIpc) is 2.37. The summed E-state index contributed by atoms with van der Waals surface area (Å²) in [6.45, 7) is 2.91. The molecule has 0 amide bonds. The first-order chi connectivity index (χ1) is 9.20. The monoisotopic (exact) mass is 320 g/mol. The zero-order valence-corrected chi connectivity index (χ0v) is 12.6. The molecule has 0 aromatic carbocycles. The van der Waals surface area contributed by atoms with Crippen LogP contribution in [0.3, 0.4) is 0 Å². The minimum Gasteiger partial charge on any atom is -0.474 e. The number of aromatic nitrogens is 2. The third-order valence-corrected chi connectivity index (χ3v) is 3.57. The second-order valence-electron chi connectivity index (χ2n) is 4.90. The van der Waals surface area contributed by atoms with E-state index < -0.39 is 0 Å². The quantitative estimate of drug-likeness (QED) is 0.845. The Morgan fingerprint density at radius 1 is 1.30 bits per heavy atom. The molecule has 1 aliphatic carbocycles. The SMILES string of the molecule is Cl.NC1CC(Oc2cc(Cl)nc(N3CCOCC3)n2)C1. The van der Waals surface area contributed by atoms with Gasteiger partial charge in [-0.2, -0.15) is 4.98 Å². The molecule has 2 heterocycles. The van der Waals surface area contributed by atoms with E-state index in [0.717, 1.165) is 25.9 Å². The minimum absolute atomic E-state index is 0. The molecule has 2 fully saturated rings. The maximum absolute atomic E-state index is 6.03. The van der Waals surface area contributed by atoms with Crippen LogP contribution in [-0.4, -0.2) is 48.4 Å². The van der Waals surface area contributed by atoms with Crippen molar-refractivity contribution in [2.24, 2.45) is 5.73 Å². The van der Waals surface area contributed by atoms with E-state index in [0.29, 0.717) is 30.2 Å². The Morgan fingerprint density at radius 3 is 2.65 bits per heavy atom. The van der Waals surface area contributed by atoms with Crippen LogP contribution in [-0.2, 0) is 4.74 Å². The highest BCUT2D eigenvalue weighted by Crippen LogP contribution is 2.26. The number of halogens is 2. The zero-order chi connectivity index (χ0) is 13.2. The van der Waals surface area contributed by atoms with Gasteiger partial charge >= 0.3 is 0 Å². The first-order valence-corrected chi connectivity index (χ1v) is 6.88. The van der Waals surface area contributed by atoms with E-state index in [-0.39, 0.29) is 24.6 Å². The lowest BCUT2D eigenvalue weighted by Gasteiger charge is -2.32. The van der Waals surface area contributed by atoms with Crippen LogP contribution in [0, 0.1) is 0 Å². The molecule has 8 heteroatoms. The summed E-state index contributed by atoms with van der Waals surface area (Å²) in [7, 11) is 0. The van der Waals surface area contributed by atoms with Crippen LogP contribution in [0.5, 0.6) is 5.88 Å². The van der Waals surface area contributed by atoms with E-state index >= 15 is 0 Å². The van der Waals surface area contributed by atoms with Crippen LogP contribution < -0.4 is 15.4 Å². The third kappa shape index (κ3) is 3.63. The molecule has 6 nitrogen and oxygen atoms in total. The fraction of sp³-hybridized carbons (Fsp3) is 0.667. The van der Waals surface area contributed by atoms with Gasteiger partial charge in [-0.25, -0.2) is 4.98 Å². The van der Waals surface area contributed by atoms with E-state index in [4.69, 9.17) is 26.8 Å². The first-order valence-electron chi connectivity index (χ1n) is 6.50. The molecule has 0 atom stereocenters. The average molecular weight is 321 g/mol. The zero-order valence-electron chi connectivity index (χ0n) is 11.0. The van der Waals surface area contributed by atoms with Crippen LogP contribution >= 0.6 is 24.0 Å². The lowest BCUT2D eigenvalue weighted by Crippen LogP contribution is -2.43. The normalized spacial score (nSPS) is 25.6. The van der Waals surface area contributed by atoms with Crippen LogP contribution in [0.4, 0.5) is 5.95 Å². The molecule has 1 aliphatic heterocycles. The molecular weight excluding hydrogens is 303 g/mol. The van der Waals surface area contributed by atoms with E-state index in [9.17, 15) is 0 Å². The standard InChI is InChI=1S/C12H17ClN4O2.ClH/c13-10-7-11(19-9-5-8(14)6-9)16-12(15-10)17-1-3-18-4-2-17;/h7-9H,1-6,14H2;1H. The molecule has 112 valence electrons. The van der Waals surface area contributed by atoms with Crippen LogP contribution in [0.2, 0.25) is 5.15 Å². The highest BCUT2D eigenvalue weighted by Gasteiger charge is 2.28. The number of morpholine rings is 1. The highest BCUT2D eigenvalue weighted by molar-refractivity contribution is 6.29. The van der Waals surface area contributed by atoms with E-state index in [1.807, 2.05) is 0 Å². The van der Waals surface area contributed by atoms with Crippen molar-refractivity contribution in [2.45, 2.75) is 25.0 Å². The van der Waals surface area contributed by atoms with Gasteiger partial charge in [-0.1, -0.05) is 11.6 Å². The number of ether oxygens (including phenoxy) is 2. The number of nitrogens with zero attached hydrogens (tertiary/aromatic N) is 3. The Kier molecular flexibility index (Phi) is 5.26. The summed E-state index contributed by atoms with van der Waals surface area (Å²) in [5, 5.41) is 0.398. The molecule has 2 N–H and O–H groups in total. The molecule has 0 spiro atoms. The Hall–Kier alpha value is -0.820. The van der Waals surface area contributed by atoms with Gasteiger partial charge in [0.2, 0.25) is 11.8 Å². The number of rotatable bonds is 3. The summed E-state index contributed by atoms with van der Waals surface area (Å²) in [5.74, 6) is 1.13. The lowest BCUT2D eigenvalue weighted by atomic mass is 9.90. The summed E-state index contributed by atoms with van der Waals surface area (Å²) >= 11 is 6.03. The molecule has 0 radical (unpaired) electrons. The molecule has 0 bridgehead atoms. The van der Waals surface area contributed by atoms with Gasteiger partial charge in [-0.3, -0.25) is 0 Å². The Labute approximate surface area is 129 Å². The predicted octanol–water partition coefficient (Wildman–Crippen LogP) is 1.26. The van der Waals surface area contributed by atoms with Gasteiger partial charge in [0.05, 0.1) is 13.2 Å². The summed E-state index contributed by atoms with van der Waals surface area (Å²) < 4.78 is 11.1. The molecule has 1 saturated carbocycles. The smallest absolute Gasteiger partial charge is 0.230 e. The molecule has 0 unspecified atom stereocenters. The van der Waals surface area contributed by atoms with Gasteiger partial charge in [-0.05, 0) is 12.8 Å².